The van der Waals surface area contributed by atoms with Crippen LogP contribution in [-0.2, 0) is 17.8 Å². The first-order chi connectivity index (χ1) is 11.7. The minimum Gasteiger partial charge on any atom is -0.489 e. The molecule has 0 radical (unpaired) electrons. The maximum atomic E-state index is 11.1. The van der Waals surface area contributed by atoms with Crippen LogP contribution in [0.2, 0.25) is 0 Å². The van der Waals surface area contributed by atoms with Crippen molar-refractivity contribution in [3.63, 3.8) is 0 Å². The molecule has 0 saturated carbocycles. The maximum Gasteiger partial charge on any atom is 0.307 e. The Bertz CT molecular complexity index is 773. The van der Waals surface area contributed by atoms with Crippen LogP contribution in [0.5, 0.6) is 5.75 Å². The summed E-state index contributed by atoms with van der Waals surface area (Å²) in [7, 11) is 0. The van der Waals surface area contributed by atoms with Crippen LogP contribution in [0.25, 0.3) is 5.57 Å². The Kier molecular flexibility index (Phi) is 5.12. The highest BCUT2D eigenvalue weighted by atomic mass is 16.5. The van der Waals surface area contributed by atoms with Gasteiger partial charge in [-0.25, -0.2) is 0 Å². The van der Waals surface area contributed by atoms with Crippen LogP contribution in [-0.4, -0.2) is 11.1 Å². The molecule has 0 spiro atoms. The van der Waals surface area contributed by atoms with Crippen molar-refractivity contribution in [2.24, 2.45) is 0 Å². The van der Waals surface area contributed by atoms with Crippen molar-refractivity contribution in [3.05, 3.63) is 83.4 Å². The molecule has 0 heterocycles. The Hall–Kier alpha value is -2.81. The van der Waals surface area contributed by atoms with E-state index in [9.17, 15) is 4.79 Å². The minimum atomic E-state index is -0.835. The van der Waals surface area contributed by atoms with Gasteiger partial charge in [-0.1, -0.05) is 54.6 Å². The lowest BCUT2D eigenvalue weighted by Crippen LogP contribution is -2.03. The van der Waals surface area contributed by atoms with Crippen molar-refractivity contribution < 1.29 is 14.6 Å². The highest BCUT2D eigenvalue weighted by Gasteiger charge is 2.10. The Morgan fingerprint density at radius 2 is 1.92 bits per heavy atom. The number of ether oxygens (including phenoxy) is 1. The Balaban J connectivity index is 1.85. The third kappa shape index (κ3) is 4.35. The van der Waals surface area contributed by atoms with Gasteiger partial charge in [-0.3, -0.25) is 4.79 Å². The summed E-state index contributed by atoms with van der Waals surface area (Å²) < 4.78 is 5.91. The third-order valence-electron chi connectivity index (χ3n) is 3.95. The van der Waals surface area contributed by atoms with Crippen LogP contribution < -0.4 is 4.74 Å². The minimum absolute atomic E-state index is 0.00133. The van der Waals surface area contributed by atoms with E-state index in [1.54, 1.807) is 0 Å². The summed E-state index contributed by atoms with van der Waals surface area (Å²) in [6.45, 7) is 0.468. The first-order valence-electron chi connectivity index (χ1n) is 8.09. The average Bonchev–Trinajstić information content (AvgIpc) is 2.61. The van der Waals surface area contributed by atoms with Gasteiger partial charge < -0.3 is 9.84 Å². The lowest BCUT2D eigenvalue weighted by molar-refractivity contribution is -0.136. The summed E-state index contributed by atoms with van der Waals surface area (Å²) in [5.74, 6) is -0.123. The van der Waals surface area contributed by atoms with Gasteiger partial charge in [0.25, 0.3) is 0 Å². The van der Waals surface area contributed by atoms with E-state index in [1.807, 2.05) is 54.6 Å². The Morgan fingerprint density at radius 1 is 1.08 bits per heavy atom. The fourth-order valence-corrected chi connectivity index (χ4v) is 2.79. The molecule has 0 amide bonds. The normalized spacial score (nSPS) is 13.4. The van der Waals surface area contributed by atoms with Gasteiger partial charge >= 0.3 is 5.97 Å². The van der Waals surface area contributed by atoms with E-state index in [-0.39, 0.29) is 6.42 Å². The predicted molar refractivity (Wildman–Crippen MR) is 94.9 cm³/mol. The number of benzene rings is 2. The Labute approximate surface area is 141 Å². The molecule has 0 fully saturated rings. The van der Waals surface area contributed by atoms with Crippen molar-refractivity contribution >= 4 is 11.5 Å². The molecule has 3 rings (SSSR count). The zero-order valence-electron chi connectivity index (χ0n) is 13.4. The van der Waals surface area contributed by atoms with Crippen LogP contribution >= 0.6 is 0 Å². The lowest BCUT2D eigenvalue weighted by Gasteiger charge is -2.14. The highest BCUT2D eigenvalue weighted by Crippen LogP contribution is 2.28. The van der Waals surface area contributed by atoms with Crippen LogP contribution in [0.15, 0.2) is 66.8 Å². The van der Waals surface area contributed by atoms with Crippen molar-refractivity contribution in [3.8, 4) is 5.75 Å². The summed E-state index contributed by atoms with van der Waals surface area (Å²) in [6.07, 6.45) is 8.24. The topological polar surface area (TPSA) is 46.5 Å². The zero-order chi connectivity index (χ0) is 16.8. The highest BCUT2D eigenvalue weighted by molar-refractivity contribution is 5.73. The van der Waals surface area contributed by atoms with Crippen LogP contribution in [0.4, 0.5) is 0 Å². The molecule has 0 saturated heterocycles. The molecule has 122 valence electrons. The monoisotopic (exact) mass is 320 g/mol. The molecule has 3 nitrogen and oxygen atoms in total. The van der Waals surface area contributed by atoms with Crippen molar-refractivity contribution in [2.75, 3.05) is 0 Å². The molecule has 0 unspecified atom stereocenters. The smallest absolute Gasteiger partial charge is 0.307 e. The predicted octanol–water partition coefficient (Wildman–Crippen LogP) is 4.63. The largest absolute Gasteiger partial charge is 0.489 e. The molecular formula is C21H20O3. The molecule has 2 aromatic rings. The van der Waals surface area contributed by atoms with E-state index >= 15 is 0 Å². The number of rotatable bonds is 6. The molecule has 0 bridgehead atoms. The van der Waals surface area contributed by atoms with Crippen molar-refractivity contribution in [1.29, 1.82) is 0 Å². The number of carbonyl (C=O) groups is 1. The number of aliphatic carboxylic acids is 1. The van der Waals surface area contributed by atoms with E-state index in [4.69, 9.17) is 9.84 Å². The van der Waals surface area contributed by atoms with E-state index < -0.39 is 5.97 Å². The van der Waals surface area contributed by atoms with Crippen LogP contribution in [0.3, 0.4) is 0 Å². The fourth-order valence-electron chi connectivity index (χ4n) is 2.79. The summed E-state index contributed by atoms with van der Waals surface area (Å²) in [4.78, 5) is 11.1. The SMILES string of the molecule is O=C(O)Cc1cc(OCc2ccccc2)cc(C2=CC=CCC2)c1. The van der Waals surface area contributed by atoms with Crippen molar-refractivity contribution in [2.45, 2.75) is 25.9 Å². The van der Waals surface area contributed by atoms with Gasteiger partial charge in [-0.15, -0.1) is 0 Å². The van der Waals surface area contributed by atoms with Crippen LogP contribution in [0, 0.1) is 0 Å². The van der Waals surface area contributed by atoms with E-state index in [0.717, 1.165) is 29.5 Å². The first kappa shape index (κ1) is 16.1. The molecule has 2 aromatic carbocycles. The van der Waals surface area contributed by atoms with Gasteiger partial charge in [0.05, 0.1) is 6.42 Å². The molecule has 1 N–H and O–H groups in total. The van der Waals surface area contributed by atoms with E-state index in [0.29, 0.717) is 12.4 Å². The fraction of sp³-hybridized carbons (Fsp3) is 0.190. The molecule has 0 aromatic heterocycles. The summed E-state index contributed by atoms with van der Waals surface area (Å²) in [6, 6.07) is 15.7. The molecular weight excluding hydrogens is 300 g/mol. The van der Waals surface area contributed by atoms with Crippen LogP contribution in [0.1, 0.15) is 29.5 Å². The molecule has 0 atom stereocenters. The van der Waals surface area contributed by atoms with Gasteiger partial charge in [0.2, 0.25) is 0 Å². The zero-order valence-corrected chi connectivity index (χ0v) is 13.4. The number of carboxylic acid groups (broad SMARTS) is 1. The Morgan fingerprint density at radius 3 is 2.62 bits per heavy atom. The molecule has 1 aliphatic carbocycles. The standard InChI is InChI=1S/C21H20O3/c22-21(23)13-17-11-19(18-9-5-2-6-10-18)14-20(12-17)24-15-16-7-3-1-4-8-16/h1-5,7-9,11-12,14H,6,10,13,15H2,(H,22,23). The van der Waals surface area contributed by atoms with E-state index in [1.165, 1.54) is 5.57 Å². The van der Waals surface area contributed by atoms with Gasteiger partial charge in [0.15, 0.2) is 0 Å². The summed E-state index contributed by atoms with van der Waals surface area (Å²) in [5.41, 5.74) is 4.11. The average molecular weight is 320 g/mol. The molecule has 0 aliphatic heterocycles. The number of hydrogen-bond donors (Lipinski definition) is 1. The van der Waals surface area contributed by atoms with Crippen molar-refractivity contribution in [1.82, 2.24) is 0 Å². The van der Waals surface area contributed by atoms with Gasteiger partial charge in [0.1, 0.15) is 12.4 Å². The first-order valence-corrected chi connectivity index (χ1v) is 8.09. The lowest BCUT2D eigenvalue weighted by atomic mass is 9.95. The molecule has 3 heteroatoms. The molecule has 24 heavy (non-hydrogen) atoms. The quantitative estimate of drug-likeness (QED) is 0.844. The molecule has 1 aliphatic rings. The summed E-state index contributed by atoms with van der Waals surface area (Å²) in [5, 5.41) is 9.10. The second kappa shape index (κ2) is 7.64. The van der Waals surface area contributed by atoms with Gasteiger partial charge in [-0.05, 0) is 47.2 Å². The number of carboxylic acids is 1. The second-order valence-corrected chi connectivity index (χ2v) is 5.87. The van der Waals surface area contributed by atoms with E-state index in [2.05, 4.69) is 12.2 Å². The van der Waals surface area contributed by atoms with Gasteiger partial charge in [-0.2, -0.15) is 0 Å². The second-order valence-electron chi connectivity index (χ2n) is 5.87. The third-order valence-corrected chi connectivity index (χ3v) is 3.95. The number of hydrogen-bond acceptors (Lipinski definition) is 2. The number of allylic oxidation sites excluding steroid dienone is 4. The maximum absolute atomic E-state index is 11.1. The summed E-state index contributed by atoms with van der Waals surface area (Å²) >= 11 is 0. The van der Waals surface area contributed by atoms with Gasteiger partial charge in [0, 0.05) is 0 Å².